The van der Waals surface area contributed by atoms with E-state index in [9.17, 15) is 14.7 Å². The van der Waals surface area contributed by atoms with E-state index in [0.717, 1.165) is 18.4 Å². The van der Waals surface area contributed by atoms with Gasteiger partial charge in [0.15, 0.2) is 0 Å². The molecule has 3 rings (SSSR count). The highest BCUT2D eigenvalue weighted by Gasteiger charge is 2.50. The number of carbonyl (C=O) groups excluding carboxylic acids is 2. The molecule has 5 nitrogen and oxygen atoms in total. The van der Waals surface area contributed by atoms with Crippen molar-refractivity contribution in [2.75, 3.05) is 11.4 Å². The number of aliphatic hydroxyl groups is 1. The van der Waals surface area contributed by atoms with Crippen LogP contribution in [0.5, 0.6) is 0 Å². The van der Waals surface area contributed by atoms with Crippen molar-refractivity contribution in [3.05, 3.63) is 29.8 Å². The van der Waals surface area contributed by atoms with E-state index < -0.39 is 12.1 Å². The van der Waals surface area contributed by atoms with Gasteiger partial charge in [-0.1, -0.05) is 25.1 Å². The Bertz CT molecular complexity index is 558. The standard InChI is InChI=1S/C15H18N2O3/c1-2-10-6-3-4-7-11(10)17-14(19)13-12(18)8-5-9-16(13)15(17)20/h3-4,6-7,12-13,18H,2,5,8-9H2,1H3/t12-,13+/m0/s1. The van der Waals surface area contributed by atoms with Crippen molar-refractivity contribution >= 4 is 17.6 Å². The van der Waals surface area contributed by atoms with Gasteiger partial charge in [-0.3, -0.25) is 4.79 Å². The number of aliphatic hydroxyl groups excluding tert-OH is 1. The van der Waals surface area contributed by atoms with Gasteiger partial charge in [-0.15, -0.1) is 0 Å². The van der Waals surface area contributed by atoms with Crippen molar-refractivity contribution in [3.63, 3.8) is 0 Å². The van der Waals surface area contributed by atoms with Gasteiger partial charge in [0, 0.05) is 6.54 Å². The lowest BCUT2D eigenvalue weighted by molar-refractivity contribution is -0.124. The van der Waals surface area contributed by atoms with Gasteiger partial charge in [-0.2, -0.15) is 0 Å². The maximum absolute atomic E-state index is 12.5. The van der Waals surface area contributed by atoms with Crippen LogP contribution in [-0.2, 0) is 11.2 Å². The van der Waals surface area contributed by atoms with Gasteiger partial charge in [-0.05, 0) is 30.9 Å². The summed E-state index contributed by atoms with van der Waals surface area (Å²) in [6, 6.07) is 6.42. The van der Waals surface area contributed by atoms with E-state index in [4.69, 9.17) is 0 Å². The largest absolute Gasteiger partial charge is 0.390 e. The van der Waals surface area contributed by atoms with Crippen LogP contribution < -0.4 is 4.90 Å². The van der Waals surface area contributed by atoms with Crippen LogP contribution in [0.4, 0.5) is 10.5 Å². The van der Waals surface area contributed by atoms with Gasteiger partial charge < -0.3 is 10.0 Å². The van der Waals surface area contributed by atoms with E-state index in [1.165, 1.54) is 9.80 Å². The van der Waals surface area contributed by atoms with Crippen LogP contribution in [0.3, 0.4) is 0 Å². The lowest BCUT2D eigenvalue weighted by Crippen LogP contribution is -2.48. The normalized spacial score (nSPS) is 26.1. The van der Waals surface area contributed by atoms with Gasteiger partial charge >= 0.3 is 6.03 Å². The summed E-state index contributed by atoms with van der Waals surface area (Å²) in [5, 5.41) is 10.0. The third-order valence-electron chi connectivity index (χ3n) is 4.12. The van der Waals surface area contributed by atoms with E-state index in [1.807, 2.05) is 25.1 Å². The molecule has 2 heterocycles. The van der Waals surface area contributed by atoms with Crippen molar-refractivity contribution in [2.24, 2.45) is 0 Å². The lowest BCUT2D eigenvalue weighted by Gasteiger charge is -2.30. The number of para-hydroxylation sites is 1. The summed E-state index contributed by atoms with van der Waals surface area (Å²) in [4.78, 5) is 27.8. The van der Waals surface area contributed by atoms with Crippen LogP contribution in [-0.4, -0.2) is 40.6 Å². The van der Waals surface area contributed by atoms with Crippen molar-refractivity contribution in [1.82, 2.24) is 4.90 Å². The van der Waals surface area contributed by atoms with Gasteiger partial charge in [0.05, 0.1) is 11.8 Å². The van der Waals surface area contributed by atoms with Gasteiger partial charge in [0.1, 0.15) is 6.04 Å². The minimum Gasteiger partial charge on any atom is -0.390 e. The first-order valence-corrected chi connectivity index (χ1v) is 7.05. The first kappa shape index (κ1) is 13.1. The number of aryl methyl sites for hydroxylation is 1. The lowest BCUT2D eigenvalue weighted by atomic mass is 10.00. The second-order valence-electron chi connectivity index (χ2n) is 5.29. The van der Waals surface area contributed by atoms with E-state index in [1.54, 1.807) is 6.07 Å². The van der Waals surface area contributed by atoms with Crippen molar-refractivity contribution < 1.29 is 14.7 Å². The molecule has 5 heteroatoms. The molecule has 0 aliphatic carbocycles. The molecule has 2 atom stereocenters. The van der Waals surface area contributed by atoms with Crippen LogP contribution in [0.25, 0.3) is 0 Å². The van der Waals surface area contributed by atoms with Crippen molar-refractivity contribution in [2.45, 2.75) is 38.3 Å². The van der Waals surface area contributed by atoms with Gasteiger partial charge in [0.25, 0.3) is 5.91 Å². The smallest absolute Gasteiger partial charge is 0.332 e. The molecular weight excluding hydrogens is 256 g/mol. The van der Waals surface area contributed by atoms with Crippen molar-refractivity contribution in [1.29, 1.82) is 0 Å². The molecule has 1 N–H and O–H groups in total. The molecule has 106 valence electrons. The maximum Gasteiger partial charge on any atom is 0.332 e. The zero-order valence-electron chi connectivity index (χ0n) is 11.5. The molecule has 0 radical (unpaired) electrons. The average Bonchev–Trinajstić information content (AvgIpc) is 2.72. The fourth-order valence-electron chi connectivity index (χ4n) is 3.09. The highest BCUT2D eigenvalue weighted by Crippen LogP contribution is 2.32. The molecule has 2 aliphatic rings. The monoisotopic (exact) mass is 274 g/mol. The maximum atomic E-state index is 12.5. The second-order valence-corrected chi connectivity index (χ2v) is 5.29. The number of piperidine rings is 1. The number of amides is 3. The SMILES string of the molecule is CCc1ccccc1N1C(=O)[C@H]2[C@@H](O)CCCN2C1=O. The third kappa shape index (κ3) is 1.81. The number of imide groups is 1. The summed E-state index contributed by atoms with van der Waals surface area (Å²) >= 11 is 0. The van der Waals surface area contributed by atoms with Crippen molar-refractivity contribution in [3.8, 4) is 0 Å². The van der Waals surface area contributed by atoms with E-state index in [0.29, 0.717) is 18.7 Å². The summed E-state index contributed by atoms with van der Waals surface area (Å²) in [6.45, 7) is 2.53. The third-order valence-corrected chi connectivity index (χ3v) is 4.12. The molecule has 0 aromatic heterocycles. The number of nitrogens with zero attached hydrogens (tertiary/aromatic N) is 2. The van der Waals surface area contributed by atoms with Crippen LogP contribution in [0.1, 0.15) is 25.3 Å². The predicted molar refractivity (Wildman–Crippen MR) is 74.4 cm³/mol. The molecule has 2 fully saturated rings. The Morgan fingerprint density at radius 2 is 2.05 bits per heavy atom. The molecule has 0 spiro atoms. The molecule has 0 saturated carbocycles. The highest BCUT2D eigenvalue weighted by atomic mass is 16.3. The van der Waals surface area contributed by atoms with Crippen LogP contribution >= 0.6 is 0 Å². The summed E-state index contributed by atoms with van der Waals surface area (Å²) in [5.41, 5.74) is 1.61. The molecule has 2 saturated heterocycles. The summed E-state index contributed by atoms with van der Waals surface area (Å²) in [7, 11) is 0. The molecule has 20 heavy (non-hydrogen) atoms. The molecule has 1 aromatic carbocycles. The molecule has 0 unspecified atom stereocenters. The molecule has 1 aromatic rings. The molecule has 0 bridgehead atoms. The average molecular weight is 274 g/mol. The minimum absolute atomic E-state index is 0.303. The summed E-state index contributed by atoms with van der Waals surface area (Å²) in [5.74, 6) is -0.303. The van der Waals surface area contributed by atoms with Crippen LogP contribution in [0.15, 0.2) is 24.3 Å². The number of hydrogen-bond acceptors (Lipinski definition) is 3. The minimum atomic E-state index is -0.751. The number of fused-ring (bicyclic) bond motifs is 1. The molecule has 2 aliphatic heterocycles. The number of benzene rings is 1. The number of urea groups is 1. The number of anilines is 1. The number of carbonyl (C=O) groups is 2. The summed E-state index contributed by atoms with van der Waals surface area (Å²) in [6.07, 6.45) is 1.31. The number of hydrogen-bond donors (Lipinski definition) is 1. The van der Waals surface area contributed by atoms with Gasteiger partial charge in [0.2, 0.25) is 0 Å². The van der Waals surface area contributed by atoms with Crippen LogP contribution in [0, 0.1) is 0 Å². The summed E-state index contributed by atoms with van der Waals surface area (Å²) < 4.78 is 0. The Labute approximate surface area is 117 Å². The van der Waals surface area contributed by atoms with Gasteiger partial charge in [-0.25, -0.2) is 9.69 Å². The fourth-order valence-corrected chi connectivity index (χ4v) is 3.09. The Balaban J connectivity index is 2.02. The van der Waals surface area contributed by atoms with E-state index in [-0.39, 0.29) is 11.9 Å². The predicted octanol–water partition coefficient (Wildman–Crippen LogP) is 1.54. The Morgan fingerprint density at radius 1 is 1.30 bits per heavy atom. The van der Waals surface area contributed by atoms with E-state index in [2.05, 4.69) is 0 Å². The second kappa shape index (κ2) is 4.90. The highest BCUT2D eigenvalue weighted by molar-refractivity contribution is 6.22. The number of rotatable bonds is 2. The Hall–Kier alpha value is -1.88. The Morgan fingerprint density at radius 3 is 2.75 bits per heavy atom. The molecule has 3 amide bonds. The zero-order chi connectivity index (χ0) is 14.3. The first-order chi connectivity index (χ1) is 9.65. The Kier molecular flexibility index (Phi) is 3.22. The van der Waals surface area contributed by atoms with E-state index >= 15 is 0 Å². The zero-order valence-corrected chi connectivity index (χ0v) is 11.5. The molecular formula is C15H18N2O3. The first-order valence-electron chi connectivity index (χ1n) is 7.05. The van der Waals surface area contributed by atoms with Crippen LogP contribution in [0.2, 0.25) is 0 Å². The topological polar surface area (TPSA) is 60.9 Å². The fraction of sp³-hybridized carbons (Fsp3) is 0.467. The quantitative estimate of drug-likeness (QED) is 0.832.